The Morgan fingerprint density at radius 3 is 2.23 bits per heavy atom. The first kappa shape index (κ1) is 25.0. The number of hydrogen-bond donors (Lipinski definition) is 1. The molecule has 2 rings (SSSR count). The van der Waals surface area contributed by atoms with E-state index in [-0.39, 0.29) is 5.82 Å². The summed E-state index contributed by atoms with van der Waals surface area (Å²) in [5.41, 5.74) is 4.15. The molecule has 0 aliphatic carbocycles. The lowest BCUT2D eigenvalue weighted by molar-refractivity contribution is 0.0683. The maximum Gasteiger partial charge on any atom is 0.373 e. The predicted octanol–water partition coefficient (Wildman–Crippen LogP) is 7.50. The lowest BCUT2D eigenvalue weighted by Gasteiger charge is -2.16. The van der Waals surface area contributed by atoms with Gasteiger partial charge in [-0.25, -0.2) is 14.8 Å². The summed E-state index contributed by atoms with van der Waals surface area (Å²) in [5.74, 6) is -0.623. The van der Waals surface area contributed by atoms with E-state index in [9.17, 15) is 9.90 Å². The molecule has 0 spiro atoms. The van der Waals surface area contributed by atoms with Gasteiger partial charge in [-0.2, -0.15) is 0 Å². The van der Waals surface area contributed by atoms with E-state index in [0.717, 1.165) is 42.5 Å². The van der Waals surface area contributed by atoms with Crippen LogP contribution in [0.1, 0.15) is 107 Å². The quantitative estimate of drug-likeness (QED) is 0.301. The molecule has 1 aromatic heterocycles. The van der Waals surface area contributed by atoms with Crippen LogP contribution in [-0.2, 0) is 12.8 Å². The van der Waals surface area contributed by atoms with Crippen molar-refractivity contribution in [2.45, 2.75) is 97.8 Å². The molecule has 0 amide bonds. The first-order valence-electron chi connectivity index (χ1n) is 12.2. The van der Waals surface area contributed by atoms with Gasteiger partial charge in [0.2, 0.25) is 5.82 Å². The number of carbonyl (C=O) groups is 1. The van der Waals surface area contributed by atoms with Crippen molar-refractivity contribution in [2.75, 3.05) is 0 Å². The summed E-state index contributed by atoms with van der Waals surface area (Å²) in [6.07, 6.45) is 16.3. The zero-order valence-corrected chi connectivity index (χ0v) is 19.7. The molecule has 0 aliphatic rings. The molecule has 31 heavy (non-hydrogen) atoms. The Kier molecular flexibility index (Phi) is 11.3. The topological polar surface area (TPSA) is 63.1 Å². The van der Waals surface area contributed by atoms with Gasteiger partial charge < -0.3 is 5.11 Å². The first-order chi connectivity index (χ1) is 15.1. The Morgan fingerprint density at radius 1 is 0.935 bits per heavy atom. The summed E-state index contributed by atoms with van der Waals surface area (Å²) in [6, 6.07) is 8.29. The third-order valence-electron chi connectivity index (χ3n) is 6.14. The summed E-state index contributed by atoms with van der Waals surface area (Å²) in [7, 11) is 0. The molecule has 0 bridgehead atoms. The van der Waals surface area contributed by atoms with Crippen molar-refractivity contribution in [1.82, 2.24) is 9.97 Å². The van der Waals surface area contributed by atoms with E-state index < -0.39 is 5.97 Å². The second kappa shape index (κ2) is 14.0. The van der Waals surface area contributed by atoms with Gasteiger partial charge >= 0.3 is 5.97 Å². The van der Waals surface area contributed by atoms with Crippen LogP contribution in [-0.4, -0.2) is 21.0 Å². The fraction of sp³-hybridized carbons (Fsp3) is 0.593. The molecule has 1 heterocycles. The van der Waals surface area contributed by atoms with Gasteiger partial charge in [0, 0.05) is 11.8 Å². The number of unbranched alkanes of at least 4 members (excludes halogenated alkanes) is 8. The number of carboxylic acid groups (broad SMARTS) is 1. The third-order valence-corrected chi connectivity index (χ3v) is 6.14. The van der Waals surface area contributed by atoms with Crippen LogP contribution in [0.15, 0.2) is 30.5 Å². The minimum Gasteiger partial charge on any atom is -0.475 e. The van der Waals surface area contributed by atoms with Gasteiger partial charge in [0.25, 0.3) is 0 Å². The van der Waals surface area contributed by atoms with Crippen molar-refractivity contribution in [2.24, 2.45) is 5.92 Å². The van der Waals surface area contributed by atoms with E-state index in [1.54, 1.807) is 6.20 Å². The van der Waals surface area contributed by atoms with Crippen LogP contribution >= 0.6 is 0 Å². The molecular weight excluding hydrogens is 384 g/mol. The molecule has 1 N–H and O–H groups in total. The zero-order valence-electron chi connectivity index (χ0n) is 19.7. The van der Waals surface area contributed by atoms with Gasteiger partial charge in [0.15, 0.2) is 0 Å². The highest BCUT2D eigenvalue weighted by molar-refractivity contribution is 5.84. The minimum absolute atomic E-state index is 0.121. The fourth-order valence-corrected chi connectivity index (χ4v) is 4.00. The third kappa shape index (κ3) is 8.43. The molecule has 0 radical (unpaired) electrons. The Balaban J connectivity index is 2.08. The largest absolute Gasteiger partial charge is 0.475 e. The van der Waals surface area contributed by atoms with E-state index in [1.807, 2.05) is 6.07 Å². The molecule has 1 aromatic carbocycles. The molecular formula is C27H40N2O2. The summed E-state index contributed by atoms with van der Waals surface area (Å²) in [5, 5.41) is 9.43. The smallest absolute Gasteiger partial charge is 0.373 e. The van der Waals surface area contributed by atoms with Crippen molar-refractivity contribution >= 4 is 5.97 Å². The van der Waals surface area contributed by atoms with Crippen molar-refractivity contribution in [3.05, 3.63) is 47.4 Å². The highest BCUT2D eigenvalue weighted by Crippen LogP contribution is 2.29. The molecule has 0 aliphatic heterocycles. The first-order valence-corrected chi connectivity index (χ1v) is 12.2. The fourth-order valence-electron chi connectivity index (χ4n) is 4.00. The number of carboxylic acids is 1. The van der Waals surface area contributed by atoms with Crippen molar-refractivity contribution in [3.8, 4) is 11.3 Å². The van der Waals surface area contributed by atoms with Crippen molar-refractivity contribution in [3.63, 3.8) is 0 Å². The number of aryl methyl sites for hydroxylation is 1. The zero-order chi connectivity index (χ0) is 22.5. The van der Waals surface area contributed by atoms with Crippen molar-refractivity contribution in [1.29, 1.82) is 0 Å². The van der Waals surface area contributed by atoms with Gasteiger partial charge in [-0.05, 0) is 36.3 Å². The summed E-state index contributed by atoms with van der Waals surface area (Å²) >= 11 is 0. The van der Waals surface area contributed by atoms with Crippen molar-refractivity contribution < 1.29 is 9.90 Å². The lowest BCUT2D eigenvalue weighted by Crippen LogP contribution is -2.09. The summed E-state index contributed by atoms with van der Waals surface area (Å²) in [4.78, 5) is 20.1. The highest BCUT2D eigenvalue weighted by Gasteiger charge is 2.16. The number of aromatic carboxylic acids is 1. The average Bonchev–Trinajstić information content (AvgIpc) is 2.78. The maximum absolute atomic E-state index is 11.5. The number of rotatable bonds is 15. The van der Waals surface area contributed by atoms with E-state index in [0.29, 0.717) is 5.92 Å². The van der Waals surface area contributed by atoms with E-state index in [2.05, 4.69) is 48.9 Å². The summed E-state index contributed by atoms with van der Waals surface area (Å²) in [6.45, 7) is 6.71. The Morgan fingerprint density at radius 2 is 1.58 bits per heavy atom. The number of aromatic nitrogens is 2. The maximum atomic E-state index is 11.5. The Labute approximate surface area is 188 Å². The molecule has 4 nitrogen and oxygen atoms in total. The van der Waals surface area contributed by atoms with Crippen LogP contribution in [0.25, 0.3) is 11.3 Å². The van der Waals surface area contributed by atoms with Gasteiger partial charge in [-0.15, -0.1) is 0 Å². The number of hydrogen-bond acceptors (Lipinski definition) is 3. The van der Waals surface area contributed by atoms with Gasteiger partial charge in [0.05, 0.1) is 5.69 Å². The highest BCUT2D eigenvalue weighted by atomic mass is 16.4. The van der Waals surface area contributed by atoms with Crippen LogP contribution < -0.4 is 0 Å². The molecule has 2 aromatic rings. The SMILES string of the molecule is CCCCCCCCCCCc1cnc(C(=O)O)nc1-c1ccccc1C[C@@H](C)CC. The van der Waals surface area contributed by atoms with Gasteiger partial charge in [-0.1, -0.05) is 103 Å². The minimum atomic E-state index is -1.07. The standard InChI is InChI=1S/C27H40N2O2/c1-4-6-7-8-9-10-11-12-13-17-23-20-28-26(27(30)31)29-25(23)24-18-15-14-16-22(24)19-21(3)5-2/h14-16,18,20-21H,4-13,17,19H2,1-3H3,(H,30,31)/t21-/m0/s1. The van der Waals surface area contributed by atoms with E-state index in [1.165, 1.54) is 56.9 Å². The van der Waals surface area contributed by atoms with Crippen LogP contribution in [0.5, 0.6) is 0 Å². The van der Waals surface area contributed by atoms with E-state index >= 15 is 0 Å². The number of nitrogens with zero attached hydrogens (tertiary/aromatic N) is 2. The molecule has 0 unspecified atom stereocenters. The molecule has 0 fully saturated rings. The van der Waals surface area contributed by atoms with Gasteiger partial charge in [0.1, 0.15) is 0 Å². The second-order valence-corrected chi connectivity index (χ2v) is 8.83. The van der Waals surface area contributed by atoms with E-state index in [4.69, 9.17) is 0 Å². The Hall–Kier alpha value is -2.23. The molecule has 170 valence electrons. The number of benzene rings is 1. The summed E-state index contributed by atoms with van der Waals surface area (Å²) < 4.78 is 0. The molecule has 0 saturated carbocycles. The van der Waals surface area contributed by atoms with Crippen LogP contribution in [0.2, 0.25) is 0 Å². The van der Waals surface area contributed by atoms with Crippen LogP contribution in [0.3, 0.4) is 0 Å². The average molecular weight is 425 g/mol. The predicted molar refractivity (Wildman–Crippen MR) is 129 cm³/mol. The molecule has 0 saturated heterocycles. The monoisotopic (exact) mass is 424 g/mol. The van der Waals surface area contributed by atoms with Crippen LogP contribution in [0.4, 0.5) is 0 Å². The normalized spacial score (nSPS) is 12.1. The Bertz CT molecular complexity index is 804. The van der Waals surface area contributed by atoms with Crippen LogP contribution in [0, 0.1) is 5.92 Å². The second-order valence-electron chi connectivity index (χ2n) is 8.83. The lowest BCUT2D eigenvalue weighted by atomic mass is 9.91. The van der Waals surface area contributed by atoms with Gasteiger partial charge in [-0.3, -0.25) is 0 Å². The molecule has 4 heteroatoms. The molecule has 1 atom stereocenters.